The van der Waals surface area contributed by atoms with Crippen molar-refractivity contribution in [2.75, 3.05) is 51.4 Å². The number of hydrogen-bond acceptors (Lipinski definition) is 7. The van der Waals surface area contributed by atoms with E-state index in [-0.39, 0.29) is 24.3 Å². The molecule has 1 aliphatic rings. The van der Waals surface area contributed by atoms with Gasteiger partial charge in [-0.25, -0.2) is 0 Å². The summed E-state index contributed by atoms with van der Waals surface area (Å²) < 4.78 is 24.4. The van der Waals surface area contributed by atoms with E-state index in [1.165, 1.54) is 11.1 Å². The summed E-state index contributed by atoms with van der Waals surface area (Å²) in [4.78, 5) is 31.3. The molecule has 8 nitrogen and oxygen atoms in total. The number of anilines is 1. The van der Waals surface area contributed by atoms with Crippen molar-refractivity contribution in [3.05, 3.63) is 124 Å². The summed E-state index contributed by atoms with van der Waals surface area (Å²) in [5.74, 6) is 0.276. The highest BCUT2D eigenvalue weighted by Gasteiger charge is 2.40. The maximum absolute atomic E-state index is 14.2. The van der Waals surface area contributed by atoms with Crippen LogP contribution in [0.2, 0.25) is 5.02 Å². The minimum Gasteiger partial charge on any atom is -0.492 e. The maximum Gasteiger partial charge on any atom is 0.308 e. The van der Waals surface area contributed by atoms with Gasteiger partial charge in [0, 0.05) is 34.9 Å². The minimum absolute atomic E-state index is 0.205. The monoisotopic (exact) mass is 768 g/mol. The molecule has 4 aromatic rings. The van der Waals surface area contributed by atoms with Crippen molar-refractivity contribution in [3.63, 3.8) is 0 Å². The van der Waals surface area contributed by atoms with Crippen molar-refractivity contribution in [2.45, 2.75) is 78.4 Å². The maximum atomic E-state index is 14.2. The van der Waals surface area contributed by atoms with E-state index in [4.69, 9.17) is 30.5 Å². The molecule has 0 spiro atoms. The number of methoxy groups -OCH3 is 1. The molecule has 0 unspecified atom stereocenters. The van der Waals surface area contributed by atoms with E-state index in [1.54, 1.807) is 25.0 Å². The molecule has 55 heavy (non-hydrogen) atoms. The van der Waals surface area contributed by atoms with Crippen LogP contribution < -0.4 is 14.4 Å². The molecule has 1 aliphatic heterocycles. The van der Waals surface area contributed by atoms with Gasteiger partial charge in [-0.3, -0.25) is 9.59 Å². The SMILES string of the molecule is CCOC(=O)C[C@H]1O[C@H](c2cccc(OCCCN(CCCc3ccccc3)CCCc3ccccc3)c2OC)c2cc(Cl)ccc2N(CC(C)(C)C)C1=O. The lowest BCUT2D eigenvalue weighted by Crippen LogP contribution is -2.44. The summed E-state index contributed by atoms with van der Waals surface area (Å²) in [6, 6.07) is 32.5. The van der Waals surface area contributed by atoms with E-state index in [0.29, 0.717) is 46.5 Å². The molecule has 2 atom stereocenters. The Hall–Kier alpha value is -4.37. The number of benzene rings is 4. The zero-order valence-corrected chi connectivity index (χ0v) is 33.9. The van der Waals surface area contributed by atoms with Gasteiger partial charge in [0.1, 0.15) is 12.2 Å². The van der Waals surface area contributed by atoms with Crippen LogP contribution in [0.1, 0.15) is 81.7 Å². The summed E-state index contributed by atoms with van der Waals surface area (Å²) in [6.07, 6.45) is 3.00. The molecule has 9 heteroatoms. The quantitative estimate of drug-likeness (QED) is 0.0695. The number of rotatable bonds is 19. The Kier molecular flexibility index (Phi) is 15.6. The molecule has 0 saturated heterocycles. The smallest absolute Gasteiger partial charge is 0.308 e. The number of carbonyl (C=O) groups is 2. The molecule has 4 aromatic carbocycles. The number of aryl methyl sites for hydroxylation is 2. The highest BCUT2D eigenvalue weighted by atomic mass is 35.5. The van der Waals surface area contributed by atoms with Crippen molar-refractivity contribution in [2.24, 2.45) is 5.41 Å². The molecular formula is C46H57ClN2O6. The van der Waals surface area contributed by atoms with Crippen LogP contribution in [-0.4, -0.2) is 69.4 Å². The fourth-order valence-electron chi connectivity index (χ4n) is 7.13. The van der Waals surface area contributed by atoms with Crippen LogP contribution in [0.4, 0.5) is 5.69 Å². The van der Waals surface area contributed by atoms with Gasteiger partial charge in [0.2, 0.25) is 0 Å². The second-order valence-corrected chi connectivity index (χ2v) is 15.7. The average Bonchev–Trinajstić information content (AvgIpc) is 3.26. The number of para-hydroxylation sites is 1. The summed E-state index contributed by atoms with van der Waals surface area (Å²) in [5, 5.41) is 0.503. The third-order valence-corrected chi connectivity index (χ3v) is 9.87. The summed E-state index contributed by atoms with van der Waals surface area (Å²) in [7, 11) is 1.61. The average molecular weight is 769 g/mol. The van der Waals surface area contributed by atoms with Gasteiger partial charge in [-0.1, -0.05) is 105 Å². The first-order valence-corrected chi connectivity index (χ1v) is 20.0. The van der Waals surface area contributed by atoms with Crippen LogP contribution in [0.3, 0.4) is 0 Å². The number of halogens is 1. The Balaban J connectivity index is 1.34. The third-order valence-electron chi connectivity index (χ3n) is 9.63. The molecule has 294 valence electrons. The molecule has 1 amide bonds. The van der Waals surface area contributed by atoms with Gasteiger partial charge in [0.25, 0.3) is 5.91 Å². The largest absolute Gasteiger partial charge is 0.492 e. The van der Waals surface area contributed by atoms with E-state index < -0.39 is 18.2 Å². The molecule has 0 saturated carbocycles. The Morgan fingerprint density at radius 2 is 1.47 bits per heavy atom. The van der Waals surface area contributed by atoms with Gasteiger partial charge < -0.3 is 28.7 Å². The summed E-state index contributed by atoms with van der Waals surface area (Å²) in [5.41, 5.74) is 4.53. The van der Waals surface area contributed by atoms with E-state index in [0.717, 1.165) is 51.7 Å². The number of hydrogen-bond donors (Lipinski definition) is 0. The number of fused-ring (bicyclic) bond motifs is 1. The van der Waals surface area contributed by atoms with Crippen LogP contribution >= 0.6 is 11.6 Å². The third kappa shape index (κ3) is 12.3. The Labute approximate surface area is 332 Å². The predicted octanol–water partition coefficient (Wildman–Crippen LogP) is 9.51. The van der Waals surface area contributed by atoms with E-state index in [1.807, 2.05) is 30.3 Å². The summed E-state index contributed by atoms with van der Waals surface area (Å²) in [6.45, 7) is 12.0. The fourth-order valence-corrected chi connectivity index (χ4v) is 7.32. The van der Waals surface area contributed by atoms with Crippen LogP contribution in [0, 0.1) is 5.41 Å². The number of ether oxygens (including phenoxy) is 4. The minimum atomic E-state index is -1.10. The van der Waals surface area contributed by atoms with Gasteiger partial charge in [-0.2, -0.15) is 0 Å². The van der Waals surface area contributed by atoms with E-state index in [2.05, 4.69) is 86.3 Å². The molecule has 1 heterocycles. The van der Waals surface area contributed by atoms with Crippen LogP contribution in [0.5, 0.6) is 11.5 Å². The zero-order chi connectivity index (χ0) is 39.2. The molecule has 0 aromatic heterocycles. The molecule has 5 rings (SSSR count). The van der Waals surface area contributed by atoms with Crippen molar-refractivity contribution < 1.29 is 28.5 Å². The molecule has 0 fully saturated rings. The van der Waals surface area contributed by atoms with Crippen molar-refractivity contribution in [3.8, 4) is 11.5 Å². The van der Waals surface area contributed by atoms with Crippen molar-refractivity contribution in [1.82, 2.24) is 4.90 Å². The van der Waals surface area contributed by atoms with Gasteiger partial charge >= 0.3 is 5.97 Å². The second kappa shape index (κ2) is 20.5. The Morgan fingerprint density at radius 3 is 2.07 bits per heavy atom. The van der Waals surface area contributed by atoms with Crippen LogP contribution in [-0.2, 0) is 31.9 Å². The zero-order valence-electron chi connectivity index (χ0n) is 33.1. The van der Waals surface area contributed by atoms with Gasteiger partial charge in [-0.05, 0) is 92.9 Å². The Morgan fingerprint density at radius 1 is 0.836 bits per heavy atom. The van der Waals surface area contributed by atoms with Gasteiger partial charge in [0.05, 0.1) is 26.7 Å². The predicted molar refractivity (Wildman–Crippen MR) is 220 cm³/mol. The number of amides is 1. The van der Waals surface area contributed by atoms with Crippen LogP contribution in [0.25, 0.3) is 0 Å². The molecular weight excluding hydrogens is 712 g/mol. The first-order chi connectivity index (χ1) is 26.6. The number of nitrogens with zero attached hydrogens (tertiary/aromatic N) is 2. The second-order valence-electron chi connectivity index (χ2n) is 15.3. The van der Waals surface area contributed by atoms with E-state index >= 15 is 0 Å². The topological polar surface area (TPSA) is 77.5 Å². The highest BCUT2D eigenvalue weighted by Crippen LogP contribution is 2.45. The molecule has 0 bridgehead atoms. The standard InChI is InChI=1S/C46H57ClN2O6/c1-6-53-42(50)32-41-45(51)49(33-46(2,3)4)39-26-25-36(47)31-38(39)43(55-41)37-23-13-24-40(44(37)52-5)54-30-16-29-48(27-14-21-34-17-9-7-10-18-34)28-15-22-35-19-11-8-12-20-35/h7-13,17-20,23-26,31,41,43H,6,14-16,21-22,27-30,32-33H2,1-5H3/t41-,43-/m1/s1. The van der Waals surface area contributed by atoms with Crippen LogP contribution in [0.15, 0.2) is 97.1 Å². The number of esters is 1. The highest BCUT2D eigenvalue weighted by molar-refractivity contribution is 6.30. The lowest BCUT2D eigenvalue weighted by molar-refractivity contribution is -0.151. The lowest BCUT2D eigenvalue weighted by atomic mass is 9.94. The van der Waals surface area contributed by atoms with Gasteiger partial charge in [0.15, 0.2) is 11.5 Å². The normalized spacial score (nSPS) is 15.8. The molecule has 0 radical (unpaired) electrons. The molecule has 0 N–H and O–H groups in total. The van der Waals surface area contributed by atoms with Crippen molar-refractivity contribution in [1.29, 1.82) is 0 Å². The van der Waals surface area contributed by atoms with Crippen molar-refractivity contribution >= 4 is 29.2 Å². The molecule has 0 aliphatic carbocycles. The van der Waals surface area contributed by atoms with E-state index in [9.17, 15) is 9.59 Å². The first-order valence-electron chi connectivity index (χ1n) is 19.6. The van der Waals surface area contributed by atoms with Gasteiger partial charge in [-0.15, -0.1) is 0 Å². The first kappa shape index (κ1) is 41.8. The Bertz CT molecular complexity index is 1770. The summed E-state index contributed by atoms with van der Waals surface area (Å²) >= 11 is 6.61. The fraction of sp³-hybridized carbons (Fsp3) is 0.435. The number of carbonyl (C=O) groups excluding carboxylic acids is 2. The lowest BCUT2D eigenvalue weighted by Gasteiger charge is -2.31.